The van der Waals surface area contributed by atoms with Gasteiger partial charge in [-0.1, -0.05) is 18.2 Å². The molecule has 3 rings (SSSR count). The molecule has 5 heteroatoms. The van der Waals surface area contributed by atoms with Crippen LogP contribution in [0.25, 0.3) is 12.2 Å². The Labute approximate surface area is 133 Å². The number of hydrogen-bond acceptors (Lipinski definition) is 5. The number of ether oxygens (including phenoxy) is 2. The van der Waals surface area contributed by atoms with Gasteiger partial charge in [-0.2, -0.15) is 0 Å². The zero-order valence-corrected chi connectivity index (χ0v) is 12.5. The molecule has 1 aromatic carbocycles. The number of pyridine rings is 1. The second kappa shape index (κ2) is 6.70. The zero-order valence-electron chi connectivity index (χ0n) is 12.5. The molecule has 1 aromatic heterocycles. The molecule has 0 atom stereocenters. The summed E-state index contributed by atoms with van der Waals surface area (Å²) < 4.78 is 10.2. The molecule has 0 unspecified atom stereocenters. The van der Waals surface area contributed by atoms with Gasteiger partial charge in [-0.15, -0.1) is 0 Å². The van der Waals surface area contributed by atoms with E-state index >= 15 is 0 Å². The van der Waals surface area contributed by atoms with Crippen LogP contribution in [0.15, 0.2) is 65.6 Å². The summed E-state index contributed by atoms with van der Waals surface area (Å²) in [6.07, 6.45) is 8.44. The average Bonchev–Trinajstić information content (AvgIpc) is 2.94. The van der Waals surface area contributed by atoms with Crippen LogP contribution in [0.5, 0.6) is 5.75 Å². The number of benzene rings is 1. The molecule has 2 heterocycles. The van der Waals surface area contributed by atoms with Gasteiger partial charge in [-0.25, -0.2) is 9.79 Å². The van der Waals surface area contributed by atoms with Gasteiger partial charge in [-0.05, 0) is 41.5 Å². The molecule has 23 heavy (non-hydrogen) atoms. The smallest absolute Gasteiger partial charge is 0.363 e. The van der Waals surface area contributed by atoms with Crippen molar-refractivity contribution in [1.29, 1.82) is 0 Å². The topological polar surface area (TPSA) is 60.8 Å². The number of aliphatic imine (C=N–C) groups is 1. The summed E-state index contributed by atoms with van der Waals surface area (Å²) in [5.41, 5.74) is 2.00. The summed E-state index contributed by atoms with van der Waals surface area (Å²) in [5.74, 6) is 0.581. The standard InChI is InChI=1S/C18H14N2O3/c1-22-15-7-4-13(5-8-15)6-9-17-20-16(18(21)23-17)11-14-3-2-10-19-12-14/h2-12H,1H3. The van der Waals surface area contributed by atoms with Crippen LogP contribution in [0.2, 0.25) is 0 Å². The van der Waals surface area contributed by atoms with Crippen LogP contribution in [0, 0.1) is 0 Å². The van der Waals surface area contributed by atoms with E-state index in [-0.39, 0.29) is 11.6 Å². The molecular weight excluding hydrogens is 292 g/mol. The third-order valence-corrected chi connectivity index (χ3v) is 3.16. The Balaban J connectivity index is 1.75. The minimum atomic E-state index is -0.469. The van der Waals surface area contributed by atoms with Gasteiger partial charge < -0.3 is 9.47 Å². The van der Waals surface area contributed by atoms with E-state index in [9.17, 15) is 4.79 Å². The second-order valence-corrected chi connectivity index (χ2v) is 4.76. The van der Waals surface area contributed by atoms with Crippen LogP contribution in [-0.2, 0) is 9.53 Å². The number of hydrogen-bond donors (Lipinski definition) is 0. The van der Waals surface area contributed by atoms with Crippen molar-refractivity contribution >= 4 is 24.0 Å². The molecule has 114 valence electrons. The lowest BCUT2D eigenvalue weighted by molar-refractivity contribution is -0.129. The summed E-state index contributed by atoms with van der Waals surface area (Å²) in [5, 5.41) is 0. The molecule has 0 spiro atoms. The molecule has 0 aliphatic carbocycles. The monoisotopic (exact) mass is 306 g/mol. The molecule has 0 radical (unpaired) electrons. The van der Waals surface area contributed by atoms with Crippen LogP contribution in [0.4, 0.5) is 0 Å². The van der Waals surface area contributed by atoms with E-state index in [0.717, 1.165) is 16.9 Å². The first-order chi connectivity index (χ1) is 11.2. The fourth-order valence-electron chi connectivity index (χ4n) is 2.00. The molecule has 1 aliphatic heterocycles. The Morgan fingerprint density at radius 3 is 2.61 bits per heavy atom. The lowest BCUT2D eigenvalue weighted by Gasteiger charge is -1.98. The van der Waals surface area contributed by atoms with Gasteiger partial charge in [-0.3, -0.25) is 4.98 Å². The van der Waals surface area contributed by atoms with E-state index in [0.29, 0.717) is 0 Å². The molecule has 5 nitrogen and oxygen atoms in total. The maximum absolute atomic E-state index is 11.8. The van der Waals surface area contributed by atoms with Crippen molar-refractivity contribution < 1.29 is 14.3 Å². The SMILES string of the molecule is COc1ccc(C=CC2=NC(=Cc3cccnc3)C(=O)O2)cc1. The normalized spacial score (nSPS) is 15.8. The Kier molecular flexibility index (Phi) is 4.29. The van der Waals surface area contributed by atoms with Gasteiger partial charge >= 0.3 is 5.97 Å². The fourth-order valence-corrected chi connectivity index (χ4v) is 2.00. The minimum absolute atomic E-state index is 0.257. The largest absolute Gasteiger partial charge is 0.497 e. The van der Waals surface area contributed by atoms with Gasteiger partial charge in [0.05, 0.1) is 7.11 Å². The Morgan fingerprint density at radius 1 is 1.09 bits per heavy atom. The minimum Gasteiger partial charge on any atom is -0.497 e. The number of esters is 1. The molecule has 1 aliphatic rings. The lowest BCUT2D eigenvalue weighted by Crippen LogP contribution is -2.01. The molecule has 2 aromatic rings. The van der Waals surface area contributed by atoms with Crippen molar-refractivity contribution in [3.63, 3.8) is 0 Å². The van der Waals surface area contributed by atoms with Crippen molar-refractivity contribution in [2.24, 2.45) is 4.99 Å². The summed E-state index contributed by atoms with van der Waals surface area (Å²) in [6, 6.07) is 11.2. The van der Waals surface area contributed by atoms with Crippen LogP contribution in [0.1, 0.15) is 11.1 Å². The highest BCUT2D eigenvalue weighted by Crippen LogP contribution is 2.17. The van der Waals surface area contributed by atoms with E-state index < -0.39 is 5.97 Å². The first-order valence-electron chi connectivity index (χ1n) is 6.99. The quantitative estimate of drug-likeness (QED) is 0.643. The van der Waals surface area contributed by atoms with Gasteiger partial charge in [0, 0.05) is 18.5 Å². The Hall–Kier alpha value is -3.21. The lowest BCUT2D eigenvalue weighted by atomic mass is 10.2. The third kappa shape index (κ3) is 3.71. The van der Waals surface area contributed by atoms with E-state index in [1.165, 1.54) is 0 Å². The predicted molar refractivity (Wildman–Crippen MR) is 87.8 cm³/mol. The van der Waals surface area contributed by atoms with Gasteiger partial charge in [0.15, 0.2) is 5.70 Å². The Bertz CT molecular complexity index is 791. The van der Waals surface area contributed by atoms with Crippen LogP contribution < -0.4 is 4.74 Å². The van der Waals surface area contributed by atoms with Crippen molar-refractivity contribution in [2.75, 3.05) is 7.11 Å². The highest BCUT2D eigenvalue weighted by atomic mass is 16.6. The number of aromatic nitrogens is 1. The van der Waals surface area contributed by atoms with Crippen molar-refractivity contribution in [3.05, 3.63) is 71.7 Å². The number of carbonyl (C=O) groups is 1. The molecule has 0 amide bonds. The van der Waals surface area contributed by atoms with E-state index in [1.807, 2.05) is 36.4 Å². The third-order valence-electron chi connectivity index (χ3n) is 3.16. The van der Waals surface area contributed by atoms with Crippen molar-refractivity contribution in [1.82, 2.24) is 4.98 Å². The van der Waals surface area contributed by atoms with Crippen LogP contribution in [-0.4, -0.2) is 24.0 Å². The first-order valence-corrected chi connectivity index (χ1v) is 6.99. The number of carbonyl (C=O) groups excluding carboxylic acids is 1. The van der Waals surface area contributed by atoms with Gasteiger partial charge in [0.1, 0.15) is 5.75 Å². The first kappa shape index (κ1) is 14.7. The van der Waals surface area contributed by atoms with Gasteiger partial charge in [0.2, 0.25) is 5.90 Å². The second-order valence-electron chi connectivity index (χ2n) is 4.76. The highest BCUT2D eigenvalue weighted by molar-refractivity contribution is 6.11. The molecule has 0 saturated heterocycles. The van der Waals surface area contributed by atoms with Crippen molar-refractivity contribution in [3.8, 4) is 5.75 Å². The Morgan fingerprint density at radius 2 is 1.91 bits per heavy atom. The molecule has 0 N–H and O–H groups in total. The van der Waals surface area contributed by atoms with E-state index in [1.54, 1.807) is 37.7 Å². The summed E-state index contributed by atoms with van der Waals surface area (Å²) in [4.78, 5) is 20.0. The number of cyclic esters (lactones) is 1. The number of rotatable bonds is 4. The average molecular weight is 306 g/mol. The summed E-state index contributed by atoms with van der Waals surface area (Å²) in [7, 11) is 1.62. The zero-order chi connectivity index (χ0) is 16.1. The van der Waals surface area contributed by atoms with E-state index in [4.69, 9.17) is 9.47 Å². The predicted octanol–water partition coefficient (Wildman–Crippen LogP) is 3.10. The maximum atomic E-state index is 11.8. The van der Waals surface area contributed by atoms with Crippen LogP contribution >= 0.6 is 0 Å². The number of nitrogens with zero attached hydrogens (tertiary/aromatic N) is 2. The molecule has 0 saturated carbocycles. The van der Waals surface area contributed by atoms with Gasteiger partial charge in [0.25, 0.3) is 0 Å². The number of methoxy groups -OCH3 is 1. The molecule has 0 fully saturated rings. The molecule has 0 bridgehead atoms. The summed E-state index contributed by atoms with van der Waals surface area (Å²) in [6.45, 7) is 0. The molecular formula is C18H14N2O3. The highest BCUT2D eigenvalue weighted by Gasteiger charge is 2.20. The summed E-state index contributed by atoms with van der Waals surface area (Å²) >= 11 is 0. The van der Waals surface area contributed by atoms with Crippen molar-refractivity contribution in [2.45, 2.75) is 0 Å². The fraction of sp³-hybridized carbons (Fsp3) is 0.0556. The van der Waals surface area contributed by atoms with E-state index in [2.05, 4.69) is 9.98 Å². The maximum Gasteiger partial charge on any atom is 0.363 e. The van der Waals surface area contributed by atoms with Crippen LogP contribution in [0.3, 0.4) is 0 Å².